The number of nitrogens with one attached hydrogen (secondary N) is 1. The first-order valence-corrected chi connectivity index (χ1v) is 5.28. The molecule has 16 heavy (non-hydrogen) atoms. The molecule has 0 fully saturated rings. The van der Waals surface area contributed by atoms with E-state index in [1.807, 2.05) is 0 Å². The highest BCUT2D eigenvalue weighted by atomic mass is 16.1. The van der Waals surface area contributed by atoms with E-state index in [-0.39, 0.29) is 11.7 Å². The Morgan fingerprint density at radius 2 is 2.19 bits per heavy atom. The molecule has 5 N–H and O–H groups in total. The second-order valence-electron chi connectivity index (χ2n) is 4.00. The molecule has 1 rings (SSSR count). The van der Waals surface area contributed by atoms with Gasteiger partial charge in [0.05, 0.1) is 0 Å². The summed E-state index contributed by atoms with van der Waals surface area (Å²) in [6.45, 7) is 4.66. The van der Waals surface area contributed by atoms with Crippen molar-refractivity contribution in [1.82, 2.24) is 4.98 Å². The minimum Gasteiger partial charge on any atom is -0.366 e. The fraction of sp³-hybridized carbons (Fsp3) is 0.455. The van der Waals surface area contributed by atoms with Crippen LogP contribution in [0.3, 0.4) is 0 Å². The summed E-state index contributed by atoms with van der Waals surface area (Å²) in [4.78, 5) is 15.1. The molecule has 0 spiro atoms. The number of amides is 1. The van der Waals surface area contributed by atoms with E-state index in [2.05, 4.69) is 24.1 Å². The fourth-order valence-corrected chi connectivity index (χ4v) is 1.34. The van der Waals surface area contributed by atoms with Gasteiger partial charge in [-0.05, 0) is 18.1 Å². The van der Waals surface area contributed by atoms with E-state index in [1.165, 1.54) is 0 Å². The van der Waals surface area contributed by atoms with Gasteiger partial charge in [-0.25, -0.2) is 4.98 Å². The van der Waals surface area contributed by atoms with Crippen LogP contribution in [0.2, 0.25) is 0 Å². The van der Waals surface area contributed by atoms with Crippen molar-refractivity contribution in [3.8, 4) is 0 Å². The summed E-state index contributed by atoms with van der Waals surface area (Å²) in [6.07, 6.45) is 0. The largest absolute Gasteiger partial charge is 0.366 e. The first-order valence-electron chi connectivity index (χ1n) is 5.28. The van der Waals surface area contributed by atoms with Crippen molar-refractivity contribution < 1.29 is 4.79 Å². The molecule has 0 aliphatic heterocycles. The monoisotopic (exact) mass is 222 g/mol. The topological polar surface area (TPSA) is 94.0 Å². The Labute approximate surface area is 95.2 Å². The number of pyridine rings is 1. The standard InChI is InChI=1S/C11H18N4O/c1-7(2)9(6-12)15-10-5-3-4-8(14-10)11(13)16/h3-5,7,9H,6,12H2,1-2H3,(H2,13,16)(H,14,15). The van der Waals surface area contributed by atoms with E-state index in [0.717, 1.165) is 0 Å². The summed E-state index contributed by atoms with van der Waals surface area (Å²) in [7, 11) is 0. The Morgan fingerprint density at radius 1 is 1.50 bits per heavy atom. The number of hydrogen-bond acceptors (Lipinski definition) is 4. The lowest BCUT2D eigenvalue weighted by Crippen LogP contribution is -2.34. The number of rotatable bonds is 5. The first kappa shape index (κ1) is 12.4. The van der Waals surface area contributed by atoms with Crippen molar-refractivity contribution in [2.24, 2.45) is 17.4 Å². The summed E-state index contributed by atoms with van der Waals surface area (Å²) in [6, 6.07) is 5.25. The van der Waals surface area contributed by atoms with Gasteiger partial charge < -0.3 is 16.8 Å². The number of nitrogens with two attached hydrogens (primary N) is 2. The van der Waals surface area contributed by atoms with Crippen molar-refractivity contribution in [2.75, 3.05) is 11.9 Å². The molecule has 0 saturated heterocycles. The number of nitrogens with zero attached hydrogens (tertiary/aromatic N) is 1. The summed E-state index contributed by atoms with van der Waals surface area (Å²) in [5.41, 5.74) is 11.0. The number of carbonyl (C=O) groups excluding carboxylic acids is 1. The van der Waals surface area contributed by atoms with Crippen LogP contribution in [0, 0.1) is 5.92 Å². The van der Waals surface area contributed by atoms with Gasteiger partial charge in [0.1, 0.15) is 11.5 Å². The lowest BCUT2D eigenvalue weighted by molar-refractivity contribution is 0.0995. The van der Waals surface area contributed by atoms with Gasteiger partial charge in [-0.3, -0.25) is 4.79 Å². The summed E-state index contributed by atoms with van der Waals surface area (Å²) in [5.74, 6) is 0.488. The lowest BCUT2D eigenvalue weighted by Gasteiger charge is -2.21. The zero-order valence-corrected chi connectivity index (χ0v) is 9.60. The minimum atomic E-state index is -0.530. The molecule has 1 aromatic heterocycles. The lowest BCUT2D eigenvalue weighted by atomic mass is 10.1. The highest BCUT2D eigenvalue weighted by Gasteiger charge is 2.12. The van der Waals surface area contributed by atoms with Gasteiger partial charge in [-0.1, -0.05) is 19.9 Å². The highest BCUT2D eigenvalue weighted by Crippen LogP contribution is 2.10. The van der Waals surface area contributed by atoms with E-state index in [9.17, 15) is 4.79 Å². The Kier molecular flexibility index (Phi) is 4.25. The summed E-state index contributed by atoms with van der Waals surface area (Å²) in [5, 5.41) is 3.18. The summed E-state index contributed by atoms with van der Waals surface area (Å²) >= 11 is 0. The molecule has 5 heteroatoms. The molecule has 0 radical (unpaired) electrons. The van der Waals surface area contributed by atoms with Crippen LogP contribution in [0.4, 0.5) is 5.82 Å². The maximum Gasteiger partial charge on any atom is 0.267 e. The van der Waals surface area contributed by atoms with Gasteiger partial charge in [0.25, 0.3) is 5.91 Å². The number of primary amides is 1. The van der Waals surface area contributed by atoms with Crippen LogP contribution in [-0.4, -0.2) is 23.5 Å². The Balaban J connectivity index is 2.80. The third kappa shape index (κ3) is 3.20. The molecule has 0 aromatic carbocycles. The average molecular weight is 222 g/mol. The van der Waals surface area contributed by atoms with E-state index in [4.69, 9.17) is 11.5 Å². The van der Waals surface area contributed by atoms with Crippen LogP contribution in [0.5, 0.6) is 0 Å². The van der Waals surface area contributed by atoms with Crippen LogP contribution in [0.1, 0.15) is 24.3 Å². The van der Waals surface area contributed by atoms with Crippen LogP contribution >= 0.6 is 0 Å². The van der Waals surface area contributed by atoms with Gasteiger partial charge in [0.2, 0.25) is 0 Å². The third-order valence-corrected chi connectivity index (χ3v) is 2.39. The predicted molar refractivity (Wildman–Crippen MR) is 64.1 cm³/mol. The number of aromatic nitrogens is 1. The summed E-state index contributed by atoms with van der Waals surface area (Å²) < 4.78 is 0. The Bertz CT molecular complexity index is 365. The molecule has 0 aliphatic carbocycles. The zero-order valence-electron chi connectivity index (χ0n) is 9.60. The minimum absolute atomic E-state index is 0.135. The van der Waals surface area contributed by atoms with Gasteiger partial charge in [0.15, 0.2) is 0 Å². The first-order chi connectivity index (χ1) is 7.54. The van der Waals surface area contributed by atoms with Gasteiger partial charge in [-0.15, -0.1) is 0 Å². The fourth-order valence-electron chi connectivity index (χ4n) is 1.34. The molecule has 5 nitrogen and oxygen atoms in total. The number of hydrogen-bond donors (Lipinski definition) is 3. The van der Waals surface area contributed by atoms with E-state index in [1.54, 1.807) is 18.2 Å². The van der Waals surface area contributed by atoms with Crippen LogP contribution in [-0.2, 0) is 0 Å². The highest BCUT2D eigenvalue weighted by molar-refractivity contribution is 5.91. The SMILES string of the molecule is CC(C)C(CN)Nc1cccc(C(N)=O)n1. The van der Waals surface area contributed by atoms with E-state index >= 15 is 0 Å². The molecule has 0 aliphatic rings. The molecular formula is C11H18N4O. The molecular weight excluding hydrogens is 204 g/mol. The van der Waals surface area contributed by atoms with Gasteiger partial charge >= 0.3 is 0 Å². The smallest absolute Gasteiger partial charge is 0.267 e. The molecule has 1 amide bonds. The number of carbonyl (C=O) groups is 1. The van der Waals surface area contributed by atoms with Crippen LogP contribution in [0.15, 0.2) is 18.2 Å². The van der Waals surface area contributed by atoms with Crippen molar-refractivity contribution in [3.05, 3.63) is 23.9 Å². The maximum atomic E-state index is 10.9. The molecule has 1 aromatic rings. The second-order valence-corrected chi connectivity index (χ2v) is 4.00. The van der Waals surface area contributed by atoms with E-state index in [0.29, 0.717) is 18.3 Å². The van der Waals surface area contributed by atoms with Crippen molar-refractivity contribution in [1.29, 1.82) is 0 Å². The Morgan fingerprint density at radius 3 is 2.69 bits per heavy atom. The third-order valence-electron chi connectivity index (χ3n) is 2.39. The molecule has 0 bridgehead atoms. The maximum absolute atomic E-state index is 10.9. The molecule has 1 atom stereocenters. The molecule has 1 heterocycles. The van der Waals surface area contributed by atoms with Crippen LogP contribution < -0.4 is 16.8 Å². The molecule has 0 saturated carbocycles. The molecule has 1 unspecified atom stereocenters. The predicted octanol–water partition coefficient (Wildman–Crippen LogP) is 0.576. The quantitative estimate of drug-likeness (QED) is 0.679. The zero-order chi connectivity index (χ0) is 12.1. The van der Waals surface area contributed by atoms with Crippen molar-refractivity contribution in [3.63, 3.8) is 0 Å². The van der Waals surface area contributed by atoms with E-state index < -0.39 is 5.91 Å². The number of anilines is 1. The van der Waals surface area contributed by atoms with Gasteiger partial charge in [-0.2, -0.15) is 0 Å². The van der Waals surface area contributed by atoms with Crippen molar-refractivity contribution in [2.45, 2.75) is 19.9 Å². The second kappa shape index (κ2) is 5.46. The normalized spacial score (nSPS) is 12.5. The van der Waals surface area contributed by atoms with Crippen molar-refractivity contribution >= 4 is 11.7 Å². The Hall–Kier alpha value is -1.62. The average Bonchev–Trinajstić information content (AvgIpc) is 2.25. The van der Waals surface area contributed by atoms with Crippen LogP contribution in [0.25, 0.3) is 0 Å². The molecule has 88 valence electrons. The van der Waals surface area contributed by atoms with Gasteiger partial charge in [0, 0.05) is 12.6 Å².